The summed E-state index contributed by atoms with van der Waals surface area (Å²) in [5.74, 6) is 1.31. The van der Waals surface area contributed by atoms with E-state index in [9.17, 15) is 4.79 Å². The van der Waals surface area contributed by atoms with Crippen molar-refractivity contribution in [2.24, 2.45) is 0 Å². The van der Waals surface area contributed by atoms with Gasteiger partial charge in [0.1, 0.15) is 11.5 Å². The first-order valence-electron chi connectivity index (χ1n) is 6.97. The molecule has 0 N–H and O–H groups in total. The van der Waals surface area contributed by atoms with E-state index in [4.69, 9.17) is 9.47 Å². The molecule has 0 fully saturated rings. The maximum Gasteiger partial charge on any atom is 0.196 e. The van der Waals surface area contributed by atoms with Crippen molar-refractivity contribution in [2.45, 2.75) is 26.9 Å². The standard InChI is InChI=1S/C18H20O3/c1-12(2)21-15-8-6-14(7-9-15)18(19)16-10-5-13(3)11-17(16)20-4/h5-12H,1-4H3. The van der Waals surface area contributed by atoms with Crippen LogP contribution in [0.3, 0.4) is 0 Å². The van der Waals surface area contributed by atoms with Crippen molar-refractivity contribution in [3.63, 3.8) is 0 Å². The van der Waals surface area contributed by atoms with Crippen LogP contribution in [0.25, 0.3) is 0 Å². The fourth-order valence-electron chi connectivity index (χ4n) is 2.10. The second kappa shape index (κ2) is 6.44. The van der Waals surface area contributed by atoms with Gasteiger partial charge in [-0.25, -0.2) is 0 Å². The number of carbonyl (C=O) groups excluding carboxylic acids is 1. The molecule has 0 spiro atoms. The zero-order chi connectivity index (χ0) is 15.4. The number of ketones is 1. The van der Waals surface area contributed by atoms with Gasteiger partial charge in [0.15, 0.2) is 5.78 Å². The Morgan fingerprint density at radius 1 is 1.05 bits per heavy atom. The number of rotatable bonds is 5. The first-order valence-corrected chi connectivity index (χ1v) is 6.97. The molecule has 0 aromatic heterocycles. The molecule has 0 bridgehead atoms. The molecule has 2 aromatic carbocycles. The van der Waals surface area contributed by atoms with E-state index < -0.39 is 0 Å². The lowest BCUT2D eigenvalue weighted by atomic mass is 10.0. The Bertz CT molecular complexity index is 627. The second-order valence-electron chi connectivity index (χ2n) is 5.22. The Kier molecular flexibility index (Phi) is 4.63. The van der Waals surface area contributed by atoms with Crippen LogP contribution in [0, 0.1) is 6.92 Å². The summed E-state index contributed by atoms with van der Waals surface area (Å²) >= 11 is 0. The lowest BCUT2D eigenvalue weighted by Crippen LogP contribution is -2.07. The molecule has 0 unspecified atom stereocenters. The summed E-state index contributed by atoms with van der Waals surface area (Å²) in [6.45, 7) is 5.90. The van der Waals surface area contributed by atoms with Crippen LogP contribution in [-0.4, -0.2) is 19.0 Å². The van der Waals surface area contributed by atoms with E-state index in [1.807, 2.05) is 45.0 Å². The predicted octanol–water partition coefficient (Wildman–Crippen LogP) is 4.02. The van der Waals surface area contributed by atoms with Gasteiger partial charge in [-0.05, 0) is 62.7 Å². The van der Waals surface area contributed by atoms with Crippen molar-refractivity contribution in [1.82, 2.24) is 0 Å². The number of aryl methyl sites for hydroxylation is 1. The molecule has 2 rings (SSSR count). The topological polar surface area (TPSA) is 35.5 Å². The number of hydrogen-bond acceptors (Lipinski definition) is 3. The molecular weight excluding hydrogens is 264 g/mol. The van der Waals surface area contributed by atoms with Crippen LogP contribution in [0.15, 0.2) is 42.5 Å². The molecule has 0 aliphatic rings. The molecule has 0 saturated carbocycles. The van der Waals surface area contributed by atoms with Crippen molar-refractivity contribution in [1.29, 1.82) is 0 Å². The van der Waals surface area contributed by atoms with Gasteiger partial charge < -0.3 is 9.47 Å². The summed E-state index contributed by atoms with van der Waals surface area (Å²) in [5, 5.41) is 0. The molecule has 2 aromatic rings. The number of carbonyl (C=O) groups is 1. The van der Waals surface area contributed by atoms with Gasteiger partial charge in [-0.15, -0.1) is 0 Å². The third-order valence-electron chi connectivity index (χ3n) is 3.09. The van der Waals surface area contributed by atoms with Crippen LogP contribution >= 0.6 is 0 Å². The molecule has 110 valence electrons. The van der Waals surface area contributed by atoms with Crippen molar-refractivity contribution in [3.05, 3.63) is 59.2 Å². The van der Waals surface area contributed by atoms with E-state index in [0.717, 1.165) is 11.3 Å². The molecule has 0 atom stereocenters. The van der Waals surface area contributed by atoms with E-state index in [1.54, 1.807) is 25.3 Å². The van der Waals surface area contributed by atoms with Crippen molar-refractivity contribution in [3.8, 4) is 11.5 Å². The number of methoxy groups -OCH3 is 1. The molecule has 0 heterocycles. The van der Waals surface area contributed by atoms with Crippen molar-refractivity contribution < 1.29 is 14.3 Å². The van der Waals surface area contributed by atoms with E-state index in [-0.39, 0.29) is 11.9 Å². The molecule has 0 amide bonds. The van der Waals surface area contributed by atoms with Crippen LogP contribution in [0.5, 0.6) is 11.5 Å². The number of benzene rings is 2. The van der Waals surface area contributed by atoms with Gasteiger partial charge in [-0.2, -0.15) is 0 Å². The van der Waals surface area contributed by atoms with Gasteiger partial charge in [-0.3, -0.25) is 4.79 Å². The second-order valence-corrected chi connectivity index (χ2v) is 5.22. The zero-order valence-corrected chi connectivity index (χ0v) is 12.8. The van der Waals surface area contributed by atoms with E-state index in [1.165, 1.54) is 0 Å². The average Bonchev–Trinajstić information content (AvgIpc) is 2.46. The van der Waals surface area contributed by atoms with Gasteiger partial charge in [0.2, 0.25) is 0 Å². The van der Waals surface area contributed by atoms with Gasteiger partial charge in [0.25, 0.3) is 0 Å². The van der Waals surface area contributed by atoms with Crippen molar-refractivity contribution in [2.75, 3.05) is 7.11 Å². The largest absolute Gasteiger partial charge is 0.496 e. The maximum atomic E-state index is 12.6. The first kappa shape index (κ1) is 15.1. The fourth-order valence-corrected chi connectivity index (χ4v) is 2.10. The molecule has 0 saturated heterocycles. The number of ether oxygens (including phenoxy) is 2. The number of hydrogen-bond donors (Lipinski definition) is 0. The zero-order valence-electron chi connectivity index (χ0n) is 12.8. The van der Waals surface area contributed by atoms with Gasteiger partial charge >= 0.3 is 0 Å². The molecule has 3 heteroatoms. The van der Waals surface area contributed by atoms with Crippen LogP contribution in [0.1, 0.15) is 35.3 Å². The molecule has 0 aliphatic heterocycles. The Morgan fingerprint density at radius 2 is 1.71 bits per heavy atom. The summed E-state index contributed by atoms with van der Waals surface area (Å²) in [6.07, 6.45) is 0.115. The Labute approximate surface area is 125 Å². The molecule has 0 aliphatic carbocycles. The minimum atomic E-state index is -0.0528. The summed E-state index contributed by atoms with van der Waals surface area (Å²) < 4.78 is 10.9. The summed E-state index contributed by atoms with van der Waals surface area (Å²) in [4.78, 5) is 12.6. The Hall–Kier alpha value is -2.29. The normalized spacial score (nSPS) is 10.5. The predicted molar refractivity (Wildman–Crippen MR) is 83.4 cm³/mol. The summed E-state index contributed by atoms with van der Waals surface area (Å²) in [7, 11) is 1.57. The summed E-state index contributed by atoms with van der Waals surface area (Å²) in [6, 6.07) is 12.8. The molecule has 0 radical (unpaired) electrons. The monoisotopic (exact) mass is 284 g/mol. The molecule has 21 heavy (non-hydrogen) atoms. The summed E-state index contributed by atoms with van der Waals surface area (Å²) in [5.41, 5.74) is 2.25. The van der Waals surface area contributed by atoms with Gasteiger partial charge in [0, 0.05) is 5.56 Å². The third kappa shape index (κ3) is 3.63. The minimum Gasteiger partial charge on any atom is -0.496 e. The van der Waals surface area contributed by atoms with Gasteiger partial charge in [-0.1, -0.05) is 6.07 Å². The van der Waals surface area contributed by atoms with Crippen LogP contribution < -0.4 is 9.47 Å². The Morgan fingerprint density at radius 3 is 2.29 bits per heavy atom. The maximum absolute atomic E-state index is 12.6. The van der Waals surface area contributed by atoms with Crippen molar-refractivity contribution >= 4 is 5.78 Å². The Balaban J connectivity index is 2.28. The highest BCUT2D eigenvalue weighted by Gasteiger charge is 2.14. The SMILES string of the molecule is COc1cc(C)ccc1C(=O)c1ccc(OC(C)C)cc1. The van der Waals surface area contributed by atoms with E-state index in [2.05, 4.69) is 0 Å². The van der Waals surface area contributed by atoms with Gasteiger partial charge in [0.05, 0.1) is 18.8 Å². The minimum absolute atomic E-state index is 0.0528. The molecular formula is C18H20O3. The first-order chi connectivity index (χ1) is 10.0. The van der Waals surface area contributed by atoms with Crippen LogP contribution in [-0.2, 0) is 0 Å². The van der Waals surface area contributed by atoms with Crippen LogP contribution in [0.4, 0.5) is 0 Å². The lowest BCUT2D eigenvalue weighted by Gasteiger charge is -2.11. The lowest BCUT2D eigenvalue weighted by molar-refractivity contribution is 0.103. The molecule has 3 nitrogen and oxygen atoms in total. The highest BCUT2D eigenvalue weighted by Crippen LogP contribution is 2.24. The highest BCUT2D eigenvalue weighted by molar-refractivity contribution is 6.10. The highest BCUT2D eigenvalue weighted by atomic mass is 16.5. The quantitative estimate of drug-likeness (QED) is 0.778. The fraction of sp³-hybridized carbons (Fsp3) is 0.278. The third-order valence-corrected chi connectivity index (χ3v) is 3.09. The van der Waals surface area contributed by atoms with E-state index >= 15 is 0 Å². The van der Waals surface area contributed by atoms with E-state index in [0.29, 0.717) is 16.9 Å². The smallest absolute Gasteiger partial charge is 0.196 e. The average molecular weight is 284 g/mol. The van der Waals surface area contributed by atoms with Crippen LogP contribution in [0.2, 0.25) is 0 Å².